The third-order valence-corrected chi connectivity index (χ3v) is 3.57. The number of imidazole rings is 1. The summed E-state index contributed by atoms with van der Waals surface area (Å²) in [6.07, 6.45) is 6.11. The van der Waals surface area contributed by atoms with Gasteiger partial charge in [-0.15, -0.1) is 0 Å². The lowest BCUT2D eigenvalue weighted by Crippen LogP contribution is -2.23. The van der Waals surface area contributed by atoms with Gasteiger partial charge in [0, 0.05) is 38.0 Å². The third kappa shape index (κ3) is 5.38. The molecule has 5 heteroatoms. The maximum Gasteiger partial charge on any atom is 0.244 e. The van der Waals surface area contributed by atoms with Crippen LogP contribution in [0.15, 0.2) is 48.7 Å². The molecule has 1 heterocycles. The van der Waals surface area contributed by atoms with Crippen LogP contribution in [0.4, 0.5) is 0 Å². The summed E-state index contributed by atoms with van der Waals surface area (Å²) < 4.78 is 2.04. The highest BCUT2D eigenvalue weighted by atomic mass is 16.1. The molecule has 0 aliphatic heterocycles. The lowest BCUT2D eigenvalue weighted by molar-refractivity contribution is -0.116. The molecule has 1 N–H and O–H groups in total. The van der Waals surface area contributed by atoms with Crippen molar-refractivity contribution in [3.63, 3.8) is 0 Å². The molecule has 2 rings (SSSR count). The van der Waals surface area contributed by atoms with Gasteiger partial charge in [-0.25, -0.2) is 4.98 Å². The van der Waals surface area contributed by atoms with Gasteiger partial charge < -0.3 is 14.8 Å². The van der Waals surface area contributed by atoms with E-state index in [-0.39, 0.29) is 5.91 Å². The summed E-state index contributed by atoms with van der Waals surface area (Å²) >= 11 is 0. The van der Waals surface area contributed by atoms with Gasteiger partial charge in [-0.1, -0.05) is 36.4 Å². The van der Waals surface area contributed by atoms with E-state index in [9.17, 15) is 4.79 Å². The van der Waals surface area contributed by atoms with E-state index >= 15 is 0 Å². The number of nitrogens with zero attached hydrogens (tertiary/aromatic N) is 3. The van der Waals surface area contributed by atoms with Crippen LogP contribution in [0, 0.1) is 0 Å². The van der Waals surface area contributed by atoms with Gasteiger partial charge in [0.1, 0.15) is 5.82 Å². The van der Waals surface area contributed by atoms with E-state index in [1.54, 1.807) is 6.08 Å². The normalized spacial score (nSPS) is 11.3. The number of hydrogen-bond acceptors (Lipinski definition) is 3. The van der Waals surface area contributed by atoms with Crippen molar-refractivity contribution in [1.82, 2.24) is 19.8 Å². The number of likely N-dealkylation sites (N-methyl/N-ethyl adjacent to an activating group) is 1. The maximum absolute atomic E-state index is 11.8. The number of nitrogens with one attached hydrogen (secondary N) is 1. The largest absolute Gasteiger partial charge is 0.345 e. The molecule has 0 bridgehead atoms. The van der Waals surface area contributed by atoms with Gasteiger partial charge >= 0.3 is 0 Å². The molecule has 0 unspecified atom stereocenters. The topological polar surface area (TPSA) is 50.2 Å². The predicted molar refractivity (Wildman–Crippen MR) is 92.0 cm³/mol. The van der Waals surface area contributed by atoms with Crippen LogP contribution in [0.1, 0.15) is 17.1 Å². The van der Waals surface area contributed by atoms with Gasteiger partial charge in [-0.05, 0) is 19.7 Å². The molecule has 0 radical (unpaired) electrons. The first-order chi connectivity index (χ1) is 11.1. The van der Waals surface area contributed by atoms with Crippen molar-refractivity contribution in [2.75, 3.05) is 20.6 Å². The van der Waals surface area contributed by atoms with Crippen LogP contribution in [0.2, 0.25) is 0 Å². The highest BCUT2D eigenvalue weighted by Gasteiger charge is 2.07. The van der Waals surface area contributed by atoms with Gasteiger partial charge in [0.15, 0.2) is 0 Å². The first-order valence-corrected chi connectivity index (χ1v) is 7.68. The number of amides is 1. The van der Waals surface area contributed by atoms with Crippen LogP contribution in [-0.2, 0) is 24.8 Å². The second-order valence-electron chi connectivity index (χ2n) is 5.77. The van der Waals surface area contributed by atoms with Crippen LogP contribution in [0.5, 0.6) is 0 Å². The summed E-state index contributed by atoms with van der Waals surface area (Å²) in [5.41, 5.74) is 2.38. The second-order valence-corrected chi connectivity index (χ2v) is 5.77. The minimum atomic E-state index is -0.0977. The van der Waals surface area contributed by atoms with Crippen molar-refractivity contribution in [2.24, 2.45) is 7.05 Å². The maximum atomic E-state index is 11.8. The monoisotopic (exact) mass is 312 g/mol. The van der Waals surface area contributed by atoms with Crippen molar-refractivity contribution in [3.8, 4) is 0 Å². The summed E-state index contributed by atoms with van der Waals surface area (Å²) in [6.45, 7) is 1.17. The lowest BCUT2D eigenvalue weighted by atomic mass is 10.1. The number of benzene rings is 1. The Morgan fingerprint density at radius 3 is 2.74 bits per heavy atom. The van der Waals surface area contributed by atoms with Crippen LogP contribution in [-0.4, -0.2) is 41.0 Å². The molecular formula is C18H24N4O. The zero-order valence-corrected chi connectivity index (χ0v) is 14.0. The van der Waals surface area contributed by atoms with E-state index < -0.39 is 0 Å². The van der Waals surface area contributed by atoms with Gasteiger partial charge in [-0.3, -0.25) is 4.79 Å². The Hall–Kier alpha value is -2.40. The Morgan fingerprint density at radius 1 is 1.30 bits per heavy atom. The Bertz CT molecular complexity index is 659. The summed E-state index contributed by atoms with van der Waals surface area (Å²) in [4.78, 5) is 18.2. The number of carbonyl (C=O) groups is 1. The van der Waals surface area contributed by atoms with E-state index in [1.807, 2.05) is 61.1 Å². The Labute approximate surface area is 137 Å². The highest BCUT2D eigenvalue weighted by molar-refractivity contribution is 5.87. The molecular weight excluding hydrogens is 288 g/mol. The van der Waals surface area contributed by atoms with E-state index in [1.165, 1.54) is 5.56 Å². The van der Waals surface area contributed by atoms with Crippen LogP contribution >= 0.6 is 0 Å². The van der Waals surface area contributed by atoms with Crippen LogP contribution in [0.25, 0.3) is 0 Å². The molecule has 1 aromatic heterocycles. The minimum Gasteiger partial charge on any atom is -0.345 e. The summed E-state index contributed by atoms with van der Waals surface area (Å²) in [5, 5.41) is 2.86. The number of rotatable bonds is 7. The molecule has 23 heavy (non-hydrogen) atoms. The molecule has 1 aromatic carbocycles. The molecule has 122 valence electrons. The van der Waals surface area contributed by atoms with Gasteiger partial charge in [0.25, 0.3) is 0 Å². The summed E-state index contributed by atoms with van der Waals surface area (Å²) in [7, 11) is 5.91. The highest BCUT2D eigenvalue weighted by Crippen LogP contribution is 2.10. The predicted octanol–water partition coefficient (Wildman–Crippen LogP) is 1.74. The molecule has 0 aliphatic rings. The SMILES string of the molecule is CN(C)C/C=C/C(=O)NCc1ncc(Cc2ccccc2)n1C. The van der Waals surface area contributed by atoms with Crippen LogP contribution < -0.4 is 5.32 Å². The Morgan fingerprint density at radius 2 is 2.04 bits per heavy atom. The standard InChI is InChI=1S/C18H24N4O/c1-21(2)11-7-10-18(23)20-14-17-19-13-16(22(17)3)12-15-8-5-4-6-9-15/h4-10,13H,11-12,14H2,1-3H3,(H,20,23)/b10-7+. The molecule has 0 saturated carbocycles. The summed E-state index contributed by atoms with van der Waals surface area (Å²) in [6, 6.07) is 10.3. The molecule has 5 nitrogen and oxygen atoms in total. The molecule has 1 amide bonds. The Balaban J connectivity index is 1.89. The van der Waals surface area contributed by atoms with Crippen LogP contribution in [0.3, 0.4) is 0 Å². The van der Waals surface area contributed by atoms with E-state index in [2.05, 4.69) is 22.4 Å². The zero-order valence-electron chi connectivity index (χ0n) is 14.0. The first-order valence-electron chi connectivity index (χ1n) is 7.68. The second kappa shape index (κ2) is 8.29. The van der Waals surface area contributed by atoms with Gasteiger partial charge in [-0.2, -0.15) is 0 Å². The third-order valence-electron chi connectivity index (χ3n) is 3.57. The van der Waals surface area contributed by atoms with Crippen molar-refractivity contribution in [3.05, 3.63) is 65.8 Å². The quantitative estimate of drug-likeness (QED) is 0.792. The number of aromatic nitrogens is 2. The van der Waals surface area contributed by atoms with Gasteiger partial charge in [0.2, 0.25) is 5.91 Å². The lowest BCUT2D eigenvalue weighted by Gasteiger charge is -2.07. The average Bonchev–Trinajstić information content (AvgIpc) is 2.86. The average molecular weight is 312 g/mol. The van der Waals surface area contributed by atoms with Gasteiger partial charge in [0.05, 0.1) is 6.54 Å². The number of carbonyl (C=O) groups excluding carboxylic acids is 1. The van der Waals surface area contributed by atoms with E-state index in [0.717, 1.165) is 24.5 Å². The fourth-order valence-electron chi connectivity index (χ4n) is 2.22. The molecule has 0 fully saturated rings. The van der Waals surface area contributed by atoms with Crippen molar-refractivity contribution in [1.29, 1.82) is 0 Å². The smallest absolute Gasteiger partial charge is 0.244 e. The molecule has 0 spiro atoms. The molecule has 2 aromatic rings. The molecule has 0 aliphatic carbocycles. The van der Waals surface area contributed by atoms with Crippen molar-refractivity contribution >= 4 is 5.91 Å². The molecule has 0 atom stereocenters. The van der Waals surface area contributed by atoms with Crippen molar-refractivity contribution < 1.29 is 4.79 Å². The van der Waals surface area contributed by atoms with E-state index in [0.29, 0.717) is 6.54 Å². The summed E-state index contributed by atoms with van der Waals surface area (Å²) in [5.74, 6) is 0.754. The Kier molecular flexibility index (Phi) is 6.11. The zero-order chi connectivity index (χ0) is 16.7. The fraction of sp³-hybridized carbons (Fsp3) is 0.333. The van der Waals surface area contributed by atoms with E-state index in [4.69, 9.17) is 0 Å². The van der Waals surface area contributed by atoms with Crippen molar-refractivity contribution in [2.45, 2.75) is 13.0 Å². The first kappa shape index (κ1) is 17.0. The number of hydrogen-bond donors (Lipinski definition) is 1. The molecule has 0 saturated heterocycles. The minimum absolute atomic E-state index is 0.0977. The fourth-order valence-corrected chi connectivity index (χ4v) is 2.22.